The highest BCUT2D eigenvalue weighted by Gasteiger charge is 2.30. The maximum absolute atomic E-state index is 11.4. The van der Waals surface area contributed by atoms with Crippen LogP contribution in [-0.2, 0) is 4.74 Å². The number of hydrogen-bond acceptors (Lipinski definition) is 1. The molecular formula is C7H9F3O. The second-order valence-corrected chi connectivity index (χ2v) is 1.82. The van der Waals surface area contributed by atoms with Gasteiger partial charge < -0.3 is 4.74 Å². The van der Waals surface area contributed by atoms with Crippen LogP contribution in [0.15, 0.2) is 24.5 Å². The lowest BCUT2D eigenvalue weighted by atomic mass is 10.4. The molecular weight excluding hydrogens is 157 g/mol. The first-order chi connectivity index (χ1) is 4.95. The molecule has 0 aromatic heterocycles. The predicted molar refractivity (Wildman–Crippen MR) is 35.7 cm³/mol. The van der Waals surface area contributed by atoms with Gasteiger partial charge in [0.1, 0.15) is 5.76 Å². The smallest absolute Gasteiger partial charge is 0.406 e. The third-order valence-electron chi connectivity index (χ3n) is 0.786. The first-order valence-corrected chi connectivity index (χ1v) is 3.07. The van der Waals surface area contributed by atoms with Crippen molar-refractivity contribution in [1.82, 2.24) is 0 Å². The number of rotatable bonds is 3. The Morgan fingerprint density at radius 2 is 2.09 bits per heavy atom. The van der Waals surface area contributed by atoms with Gasteiger partial charge in [0.15, 0.2) is 0 Å². The van der Waals surface area contributed by atoms with Gasteiger partial charge in [-0.15, -0.1) is 13.2 Å². The Balaban J connectivity index is 3.80. The first kappa shape index (κ1) is 10.1. The lowest BCUT2D eigenvalue weighted by Crippen LogP contribution is -2.11. The molecule has 1 nitrogen and oxygen atoms in total. The van der Waals surface area contributed by atoms with Crippen LogP contribution in [0.5, 0.6) is 0 Å². The number of alkyl halides is 3. The molecule has 0 atom stereocenters. The van der Waals surface area contributed by atoms with Crippen LogP contribution >= 0.6 is 0 Å². The molecule has 0 unspecified atom stereocenters. The van der Waals surface area contributed by atoms with Crippen LogP contribution in [0.4, 0.5) is 13.2 Å². The third-order valence-corrected chi connectivity index (χ3v) is 0.786. The van der Waals surface area contributed by atoms with Gasteiger partial charge in [-0.1, -0.05) is 19.6 Å². The van der Waals surface area contributed by atoms with Gasteiger partial charge >= 0.3 is 6.36 Å². The Labute approximate surface area is 63.2 Å². The molecule has 0 heterocycles. The summed E-state index contributed by atoms with van der Waals surface area (Å²) < 4.78 is 37.7. The van der Waals surface area contributed by atoms with Crippen molar-refractivity contribution in [3.05, 3.63) is 24.5 Å². The van der Waals surface area contributed by atoms with E-state index in [9.17, 15) is 13.2 Å². The SMILES string of the molecule is C=C(/C=C\CC)OC(F)(F)F. The minimum atomic E-state index is -4.63. The second-order valence-electron chi connectivity index (χ2n) is 1.82. The van der Waals surface area contributed by atoms with E-state index in [1.807, 2.05) is 0 Å². The Morgan fingerprint density at radius 1 is 1.55 bits per heavy atom. The molecule has 0 aliphatic heterocycles. The van der Waals surface area contributed by atoms with Gasteiger partial charge in [-0.3, -0.25) is 0 Å². The second kappa shape index (κ2) is 4.05. The quantitative estimate of drug-likeness (QED) is 0.462. The monoisotopic (exact) mass is 166 g/mol. The minimum Gasteiger partial charge on any atom is -0.406 e. The number of ether oxygens (including phenoxy) is 1. The molecule has 0 aromatic carbocycles. The number of allylic oxidation sites excluding steroid dienone is 2. The van der Waals surface area contributed by atoms with E-state index in [0.717, 1.165) is 0 Å². The highest BCUT2D eigenvalue weighted by atomic mass is 19.4. The van der Waals surface area contributed by atoms with E-state index in [4.69, 9.17) is 0 Å². The van der Waals surface area contributed by atoms with Crippen molar-refractivity contribution in [2.24, 2.45) is 0 Å². The third kappa shape index (κ3) is 6.96. The molecule has 0 amide bonds. The summed E-state index contributed by atoms with van der Waals surface area (Å²) in [5, 5.41) is 0. The zero-order chi connectivity index (χ0) is 8.91. The van der Waals surface area contributed by atoms with Crippen LogP contribution in [-0.4, -0.2) is 6.36 Å². The van der Waals surface area contributed by atoms with E-state index in [-0.39, 0.29) is 5.76 Å². The molecule has 0 fully saturated rings. The molecule has 0 aromatic rings. The molecule has 0 saturated heterocycles. The number of hydrogen-bond donors (Lipinski definition) is 0. The molecule has 0 radical (unpaired) electrons. The van der Waals surface area contributed by atoms with E-state index in [0.29, 0.717) is 6.42 Å². The van der Waals surface area contributed by atoms with Crippen LogP contribution in [0, 0.1) is 0 Å². The summed E-state index contributed by atoms with van der Waals surface area (Å²) in [6, 6.07) is 0. The van der Waals surface area contributed by atoms with Crippen molar-refractivity contribution < 1.29 is 17.9 Å². The highest BCUT2D eigenvalue weighted by Crippen LogP contribution is 2.20. The molecule has 4 heteroatoms. The zero-order valence-corrected chi connectivity index (χ0v) is 6.11. The van der Waals surface area contributed by atoms with Crippen molar-refractivity contribution >= 4 is 0 Å². The fourth-order valence-electron chi connectivity index (χ4n) is 0.432. The summed E-state index contributed by atoms with van der Waals surface area (Å²) in [5.74, 6) is -0.389. The molecule has 64 valence electrons. The van der Waals surface area contributed by atoms with Gasteiger partial charge in [0.25, 0.3) is 0 Å². The molecule has 0 N–H and O–H groups in total. The molecule has 0 spiro atoms. The predicted octanol–water partition coefficient (Wildman–Crippen LogP) is 3.00. The molecule has 0 aliphatic rings. The molecule has 0 bridgehead atoms. The van der Waals surface area contributed by atoms with Gasteiger partial charge in [0.05, 0.1) is 0 Å². The molecule has 0 saturated carbocycles. The van der Waals surface area contributed by atoms with Crippen LogP contribution in [0.25, 0.3) is 0 Å². The van der Waals surface area contributed by atoms with Gasteiger partial charge in [-0.25, -0.2) is 0 Å². The summed E-state index contributed by atoms with van der Waals surface area (Å²) >= 11 is 0. The zero-order valence-electron chi connectivity index (χ0n) is 6.11. The Kier molecular flexibility index (Phi) is 3.71. The van der Waals surface area contributed by atoms with E-state index in [1.165, 1.54) is 12.2 Å². The highest BCUT2D eigenvalue weighted by molar-refractivity contribution is 5.06. The van der Waals surface area contributed by atoms with E-state index >= 15 is 0 Å². The summed E-state index contributed by atoms with van der Waals surface area (Å²) in [6.07, 6.45) is -1.25. The van der Waals surface area contributed by atoms with Gasteiger partial charge in [-0.2, -0.15) is 0 Å². The normalized spacial score (nSPS) is 12.0. The van der Waals surface area contributed by atoms with Crippen molar-refractivity contribution in [3.8, 4) is 0 Å². The Bertz CT molecular complexity index is 158. The van der Waals surface area contributed by atoms with Crippen LogP contribution in [0.2, 0.25) is 0 Å². The fourth-order valence-corrected chi connectivity index (χ4v) is 0.432. The maximum atomic E-state index is 11.4. The van der Waals surface area contributed by atoms with Gasteiger partial charge in [-0.05, 0) is 12.5 Å². The van der Waals surface area contributed by atoms with Crippen LogP contribution in [0.1, 0.15) is 13.3 Å². The van der Waals surface area contributed by atoms with Crippen molar-refractivity contribution in [1.29, 1.82) is 0 Å². The number of halogens is 3. The Hall–Kier alpha value is -0.930. The molecule has 0 rings (SSSR count). The van der Waals surface area contributed by atoms with Gasteiger partial charge in [0, 0.05) is 0 Å². The first-order valence-electron chi connectivity index (χ1n) is 3.07. The summed E-state index contributed by atoms with van der Waals surface area (Å²) in [7, 11) is 0. The maximum Gasteiger partial charge on any atom is 0.573 e. The van der Waals surface area contributed by atoms with Crippen molar-refractivity contribution in [2.75, 3.05) is 0 Å². The van der Waals surface area contributed by atoms with E-state index < -0.39 is 6.36 Å². The van der Waals surface area contributed by atoms with Crippen molar-refractivity contribution in [2.45, 2.75) is 19.7 Å². The largest absolute Gasteiger partial charge is 0.573 e. The topological polar surface area (TPSA) is 9.23 Å². The average molecular weight is 166 g/mol. The molecule has 0 aliphatic carbocycles. The summed E-state index contributed by atoms with van der Waals surface area (Å²) in [6.45, 7) is 4.85. The molecule has 11 heavy (non-hydrogen) atoms. The van der Waals surface area contributed by atoms with E-state index in [1.54, 1.807) is 6.92 Å². The Morgan fingerprint density at radius 3 is 2.45 bits per heavy atom. The summed E-state index contributed by atoms with van der Waals surface area (Å²) in [4.78, 5) is 0. The fraction of sp³-hybridized carbons (Fsp3) is 0.429. The minimum absolute atomic E-state index is 0.389. The van der Waals surface area contributed by atoms with Crippen LogP contribution in [0.3, 0.4) is 0 Å². The van der Waals surface area contributed by atoms with Gasteiger partial charge in [0.2, 0.25) is 0 Å². The lowest BCUT2D eigenvalue weighted by Gasteiger charge is -2.07. The van der Waals surface area contributed by atoms with E-state index in [2.05, 4.69) is 11.3 Å². The van der Waals surface area contributed by atoms with Crippen molar-refractivity contribution in [3.63, 3.8) is 0 Å². The lowest BCUT2D eigenvalue weighted by molar-refractivity contribution is -0.303. The van der Waals surface area contributed by atoms with Crippen LogP contribution < -0.4 is 0 Å². The standard InChI is InChI=1S/C7H9F3O/c1-3-4-5-6(2)11-7(8,9)10/h4-5H,2-3H2,1H3/b5-4-. The average Bonchev–Trinajstić information content (AvgIpc) is 1.79. The summed E-state index contributed by atoms with van der Waals surface area (Å²) in [5.41, 5.74) is 0.